The van der Waals surface area contributed by atoms with Gasteiger partial charge in [0.15, 0.2) is 5.17 Å². The lowest BCUT2D eigenvalue weighted by atomic mass is 10.2. The van der Waals surface area contributed by atoms with E-state index in [1.807, 2.05) is 0 Å². The van der Waals surface area contributed by atoms with Crippen molar-refractivity contribution in [2.45, 2.75) is 32.2 Å². The molecule has 5 heteroatoms. The molecule has 1 fully saturated rings. The van der Waals surface area contributed by atoms with Gasteiger partial charge in [0.25, 0.3) is 0 Å². The fourth-order valence-electron chi connectivity index (χ4n) is 1.46. The number of thioether (sulfide) groups is 1. The standard InChI is InChI=1S/C11H21N3OS/c1-4-9-6-8-16-11(13-9)12-7-5-10(15)14(2)3/h9H,4-8H2,1-3H3,(H,12,13). The van der Waals surface area contributed by atoms with Crippen molar-refractivity contribution < 1.29 is 4.79 Å². The molecule has 0 radical (unpaired) electrons. The summed E-state index contributed by atoms with van der Waals surface area (Å²) in [5, 5.41) is 4.40. The molecule has 1 unspecified atom stereocenters. The van der Waals surface area contributed by atoms with E-state index in [9.17, 15) is 4.79 Å². The Morgan fingerprint density at radius 2 is 2.38 bits per heavy atom. The SMILES string of the molecule is CCC1CCSC(=NCCC(=O)N(C)C)N1. The second kappa shape index (κ2) is 6.78. The molecular weight excluding hydrogens is 222 g/mol. The summed E-state index contributed by atoms with van der Waals surface area (Å²) in [5.41, 5.74) is 0. The van der Waals surface area contributed by atoms with Crippen LogP contribution < -0.4 is 5.32 Å². The molecular formula is C11H21N3OS. The van der Waals surface area contributed by atoms with Gasteiger partial charge in [0.05, 0.1) is 6.54 Å². The predicted molar refractivity (Wildman–Crippen MR) is 69.9 cm³/mol. The van der Waals surface area contributed by atoms with E-state index >= 15 is 0 Å². The smallest absolute Gasteiger partial charge is 0.223 e. The van der Waals surface area contributed by atoms with Gasteiger partial charge in [-0.25, -0.2) is 0 Å². The third-order valence-corrected chi connectivity index (χ3v) is 3.57. The molecule has 4 nitrogen and oxygen atoms in total. The molecule has 0 bridgehead atoms. The van der Waals surface area contributed by atoms with Crippen molar-refractivity contribution >= 4 is 22.8 Å². The van der Waals surface area contributed by atoms with E-state index in [1.165, 1.54) is 6.42 Å². The minimum atomic E-state index is 0.136. The van der Waals surface area contributed by atoms with Crippen LogP contribution in [0, 0.1) is 0 Å². The highest BCUT2D eigenvalue weighted by molar-refractivity contribution is 8.13. The summed E-state index contributed by atoms with van der Waals surface area (Å²) in [5.74, 6) is 1.27. The summed E-state index contributed by atoms with van der Waals surface area (Å²) in [6.07, 6.45) is 2.84. The van der Waals surface area contributed by atoms with E-state index < -0.39 is 0 Å². The Morgan fingerprint density at radius 3 is 3.00 bits per heavy atom. The van der Waals surface area contributed by atoms with Gasteiger partial charge in [0, 0.05) is 32.3 Å². The predicted octanol–water partition coefficient (Wildman–Crippen LogP) is 1.33. The Hall–Kier alpha value is -0.710. The number of carbonyl (C=O) groups excluding carboxylic acids is 1. The molecule has 1 aliphatic rings. The molecule has 0 aromatic rings. The van der Waals surface area contributed by atoms with Crippen molar-refractivity contribution in [1.82, 2.24) is 10.2 Å². The number of nitrogens with one attached hydrogen (secondary N) is 1. The van der Waals surface area contributed by atoms with Crippen LogP contribution in [0.15, 0.2) is 4.99 Å². The maximum absolute atomic E-state index is 11.3. The molecule has 0 aromatic carbocycles. The van der Waals surface area contributed by atoms with E-state index in [4.69, 9.17) is 0 Å². The van der Waals surface area contributed by atoms with Gasteiger partial charge in [-0.2, -0.15) is 0 Å². The molecule has 0 saturated carbocycles. The summed E-state index contributed by atoms with van der Waals surface area (Å²) in [6.45, 7) is 2.77. The summed E-state index contributed by atoms with van der Waals surface area (Å²) in [6, 6.07) is 0.560. The highest BCUT2D eigenvalue weighted by Crippen LogP contribution is 2.15. The first-order chi connectivity index (χ1) is 7.63. The number of hydrogen-bond donors (Lipinski definition) is 1. The molecule has 1 atom stereocenters. The summed E-state index contributed by atoms with van der Waals surface area (Å²) < 4.78 is 0. The van der Waals surface area contributed by atoms with Gasteiger partial charge < -0.3 is 10.2 Å². The Kier molecular flexibility index (Phi) is 5.66. The first-order valence-corrected chi connectivity index (χ1v) is 6.76. The molecule has 1 aliphatic heterocycles. The second-order valence-electron chi connectivity index (χ2n) is 4.11. The van der Waals surface area contributed by atoms with Gasteiger partial charge in [-0.05, 0) is 12.8 Å². The van der Waals surface area contributed by atoms with Crippen molar-refractivity contribution in [3.05, 3.63) is 0 Å². The number of amides is 1. The molecule has 1 amide bonds. The van der Waals surface area contributed by atoms with Crippen molar-refractivity contribution in [3.8, 4) is 0 Å². The molecule has 1 heterocycles. The van der Waals surface area contributed by atoms with Crippen LogP contribution in [0.5, 0.6) is 0 Å². The lowest BCUT2D eigenvalue weighted by Crippen LogP contribution is -2.37. The van der Waals surface area contributed by atoms with Crippen LogP contribution in [0.2, 0.25) is 0 Å². The Labute approximate surface area is 102 Å². The lowest BCUT2D eigenvalue weighted by molar-refractivity contribution is -0.128. The van der Waals surface area contributed by atoms with Gasteiger partial charge in [-0.3, -0.25) is 9.79 Å². The molecule has 92 valence electrons. The average molecular weight is 243 g/mol. The fourth-order valence-corrected chi connectivity index (χ4v) is 2.49. The first-order valence-electron chi connectivity index (χ1n) is 5.77. The molecule has 0 aliphatic carbocycles. The number of carbonyl (C=O) groups is 1. The highest BCUT2D eigenvalue weighted by Gasteiger charge is 2.15. The Morgan fingerprint density at radius 1 is 1.62 bits per heavy atom. The third-order valence-electron chi connectivity index (χ3n) is 2.61. The van der Waals surface area contributed by atoms with E-state index in [0.29, 0.717) is 19.0 Å². The van der Waals surface area contributed by atoms with Crippen LogP contribution >= 0.6 is 11.8 Å². The summed E-state index contributed by atoms with van der Waals surface area (Å²) in [4.78, 5) is 17.4. The zero-order valence-corrected chi connectivity index (χ0v) is 11.1. The normalized spacial score (nSPS) is 22.9. The largest absolute Gasteiger partial charge is 0.362 e. The van der Waals surface area contributed by atoms with E-state index in [0.717, 1.165) is 17.3 Å². The van der Waals surface area contributed by atoms with Crippen molar-refractivity contribution in [1.29, 1.82) is 0 Å². The molecule has 1 N–H and O–H groups in total. The van der Waals surface area contributed by atoms with Crippen molar-refractivity contribution in [3.63, 3.8) is 0 Å². The molecule has 1 saturated heterocycles. The van der Waals surface area contributed by atoms with Crippen LogP contribution in [0.25, 0.3) is 0 Å². The highest BCUT2D eigenvalue weighted by atomic mass is 32.2. The molecule has 0 aromatic heterocycles. The lowest BCUT2D eigenvalue weighted by Gasteiger charge is -2.24. The van der Waals surface area contributed by atoms with Gasteiger partial charge >= 0.3 is 0 Å². The van der Waals surface area contributed by atoms with Crippen LogP contribution in [0.4, 0.5) is 0 Å². The van der Waals surface area contributed by atoms with Gasteiger partial charge in [-0.1, -0.05) is 18.7 Å². The van der Waals surface area contributed by atoms with E-state index in [2.05, 4.69) is 17.2 Å². The maximum Gasteiger partial charge on any atom is 0.223 e. The Balaban J connectivity index is 2.31. The van der Waals surface area contributed by atoms with Gasteiger partial charge in [-0.15, -0.1) is 0 Å². The molecule has 16 heavy (non-hydrogen) atoms. The topological polar surface area (TPSA) is 44.7 Å². The summed E-state index contributed by atoms with van der Waals surface area (Å²) >= 11 is 1.76. The minimum Gasteiger partial charge on any atom is -0.362 e. The third kappa shape index (κ3) is 4.43. The van der Waals surface area contributed by atoms with Crippen LogP contribution in [-0.2, 0) is 4.79 Å². The Bertz CT molecular complexity index is 266. The van der Waals surface area contributed by atoms with Crippen LogP contribution in [-0.4, -0.2) is 48.4 Å². The minimum absolute atomic E-state index is 0.136. The molecule has 0 spiro atoms. The number of aliphatic imine (C=N–C) groups is 1. The van der Waals surface area contributed by atoms with E-state index in [-0.39, 0.29) is 5.91 Å². The number of amidine groups is 1. The average Bonchev–Trinajstić information content (AvgIpc) is 2.29. The number of nitrogens with zero attached hydrogens (tertiary/aromatic N) is 2. The number of hydrogen-bond acceptors (Lipinski definition) is 3. The first kappa shape index (κ1) is 13.4. The summed E-state index contributed by atoms with van der Waals surface area (Å²) in [7, 11) is 3.55. The number of rotatable bonds is 4. The van der Waals surface area contributed by atoms with Crippen molar-refractivity contribution in [2.75, 3.05) is 26.4 Å². The van der Waals surface area contributed by atoms with Gasteiger partial charge in [0.2, 0.25) is 5.91 Å². The maximum atomic E-state index is 11.3. The zero-order chi connectivity index (χ0) is 12.0. The second-order valence-corrected chi connectivity index (χ2v) is 5.20. The van der Waals surface area contributed by atoms with Crippen molar-refractivity contribution in [2.24, 2.45) is 4.99 Å². The van der Waals surface area contributed by atoms with Crippen LogP contribution in [0.3, 0.4) is 0 Å². The van der Waals surface area contributed by atoms with E-state index in [1.54, 1.807) is 30.8 Å². The zero-order valence-electron chi connectivity index (χ0n) is 10.3. The quantitative estimate of drug-likeness (QED) is 0.810. The molecule has 1 rings (SSSR count). The monoisotopic (exact) mass is 243 g/mol. The fraction of sp³-hybridized carbons (Fsp3) is 0.818. The van der Waals surface area contributed by atoms with Crippen LogP contribution in [0.1, 0.15) is 26.2 Å². The van der Waals surface area contributed by atoms with Gasteiger partial charge in [0.1, 0.15) is 0 Å².